The number of benzene rings is 2. The van der Waals surface area contributed by atoms with Crippen LogP contribution in [0.2, 0.25) is 5.02 Å². The highest BCUT2D eigenvalue weighted by molar-refractivity contribution is 9.08. The Balaban J connectivity index is 2.24. The van der Waals surface area contributed by atoms with Crippen molar-refractivity contribution in [2.24, 2.45) is 0 Å². The van der Waals surface area contributed by atoms with E-state index in [-0.39, 0.29) is 12.4 Å². The van der Waals surface area contributed by atoms with E-state index in [1.165, 1.54) is 7.11 Å². The lowest BCUT2D eigenvalue weighted by Gasteiger charge is -2.11. The van der Waals surface area contributed by atoms with Crippen molar-refractivity contribution in [2.45, 2.75) is 11.8 Å². The zero-order chi connectivity index (χ0) is 15.2. The number of halogens is 2. The molecule has 0 unspecified atom stereocenters. The third kappa shape index (κ3) is 4.48. The van der Waals surface area contributed by atoms with E-state index in [0.29, 0.717) is 16.5 Å². The summed E-state index contributed by atoms with van der Waals surface area (Å²) in [5.74, 6) is 0.921. The van der Waals surface area contributed by atoms with Crippen LogP contribution in [0.3, 0.4) is 0 Å². The van der Waals surface area contributed by atoms with Crippen molar-refractivity contribution in [3.63, 3.8) is 0 Å². The lowest BCUT2D eigenvalue weighted by Crippen LogP contribution is -2.05. The first-order chi connectivity index (χ1) is 10.1. The molecule has 2 rings (SSSR count). The van der Waals surface area contributed by atoms with Gasteiger partial charge in [-0.25, -0.2) is 0 Å². The van der Waals surface area contributed by atoms with Crippen molar-refractivity contribution >= 4 is 33.5 Å². The zero-order valence-corrected chi connectivity index (χ0v) is 13.8. The van der Waals surface area contributed by atoms with Crippen LogP contribution < -0.4 is 4.74 Å². The summed E-state index contributed by atoms with van der Waals surface area (Å²) in [4.78, 5) is 11.4. The molecule has 0 radical (unpaired) electrons. The van der Waals surface area contributed by atoms with E-state index in [9.17, 15) is 4.79 Å². The molecule has 0 aliphatic rings. The molecular formula is C16H14BrClO3. The van der Waals surface area contributed by atoms with Gasteiger partial charge in [0.1, 0.15) is 11.5 Å². The molecule has 2 aromatic rings. The van der Waals surface area contributed by atoms with Gasteiger partial charge in [-0.2, -0.15) is 0 Å². The summed E-state index contributed by atoms with van der Waals surface area (Å²) < 4.78 is 10.5. The Hall–Kier alpha value is -1.52. The molecular weight excluding hydrogens is 356 g/mol. The zero-order valence-electron chi connectivity index (χ0n) is 11.4. The van der Waals surface area contributed by atoms with Crippen LogP contribution in [0.15, 0.2) is 42.5 Å². The second-order valence-corrected chi connectivity index (χ2v) is 5.38. The van der Waals surface area contributed by atoms with Gasteiger partial charge in [0.15, 0.2) is 0 Å². The van der Waals surface area contributed by atoms with Crippen molar-refractivity contribution in [3.8, 4) is 11.5 Å². The quantitative estimate of drug-likeness (QED) is 0.564. The van der Waals surface area contributed by atoms with Gasteiger partial charge in [-0.3, -0.25) is 4.79 Å². The lowest BCUT2D eigenvalue weighted by molar-refractivity contribution is -0.139. The average Bonchev–Trinajstić information content (AvgIpc) is 2.50. The first-order valence-corrected chi connectivity index (χ1v) is 7.80. The molecule has 0 N–H and O–H groups in total. The highest BCUT2D eigenvalue weighted by Gasteiger charge is 2.11. The fourth-order valence-electron chi connectivity index (χ4n) is 1.77. The molecule has 3 nitrogen and oxygen atoms in total. The van der Waals surface area contributed by atoms with Crippen LogP contribution in [-0.2, 0) is 21.3 Å². The van der Waals surface area contributed by atoms with Crippen LogP contribution >= 0.6 is 27.5 Å². The SMILES string of the molecule is COC(=O)Cc1ccc(Cl)cc1Oc1ccc(CBr)cc1. The number of hydrogen-bond acceptors (Lipinski definition) is 3. The maximum atomic E-state index is 11.4. The first-order valence-electron chi connectivity index (χ1n) is 6.30. The number of rotatable bonds is 5. The van der Waals surface area contributed by atoms with Crippen molar-refractivity contribution < 1.29 is 14.3 Å². The second-order valence-electron chi connectivity index (χ2n) is 4.38. The Bertz CT molecular complexity index is 626. The van der Waals surface area contributed by atoms with Crippen LogP contribution in [0.25, 0.3) is 0 Å². The number of alkyl halides is 1. The number of carbonyl (C=O) groups excluding carboxylic acids is 1. The minimum Gasteiger partial charge on any atom is -0.469 e. The predicted octanol–water partition coefficient (Wildman–Crippen LogP) is 4.74. The van der Waals surface area contributed by atoms with Gasteiger partial charge in [0.25, 0.3) is 0 Å². The van der Waals surface area contributed by atoms with Gasteiger partial charge in [-0.15, -0.1) is 0 Å². The highest BCUT2D eigenvalue weighted by Crippen LogP contribution is 2.29. The molecule has 0 aromatic heterocycles. The fourth-order valence-corrected chi connectivity index (χ4v) is 2.31. The number of hydrogen-bond donors (Lipinski definition) is 0. The molecule has 0 saturated carbocycles. The maximum Gasteiger partial charge on any atom is 0.310 e. The molecule has 0 saturated heterocycles. The largest absolute Gasteiger partial charge is 0.469 e. The van der Waals surface area contributed by atoms with Gasteiger partial charge >= 0.3 is 5.97 Å². The van der Waals surface area contributed by atoms with Crippen molar-refractivity contribution in [3.05, 3.63) is 58.6 Å². The van der Waals surface area contributed by atoms with Gasteiger partial charge in [0.05, 0.1) is 13.5 Å². The van der Waals surface area contributed by atoms with Gasteiger partial charge in [0, 0.05) is 15.9 Å². The van der Waals surface area contributed by atoms with Crippen molar-refractivity contribution in [2.75, 3.05) is 7.11 Å². The smallest absolute Gasteiger partial charge is 0.310 e. The van der Waals surface area contributed by atoms with E-state index >= 15 is 0 Å². The molecule has 0 atom stereocenters. The molecule has 21 heavy (non-hydrogen) atoms. The minimum atomic E-state index is -0.322. The second kappa shape index (κ2) is 7.48. The Kier molecular flexibility index (Phi) is 5.65. The normalized spacial score (nSPS) is 10.2. The summed E-state index contributed by atoms with van der Waals surface area (Å²) in [5, 5.41) is 1.34. The third-order valence-electron chi connectivity index (χ3n) is 2.90. The van der Waals surface area contributed by atoms with Gasteiger partial charge in [-0.05, 0) is 29.8 Å². The molecule has 0 heterocycles. The Morgan fingerprint density at radius 3 is 2.52 bits per heavy atom. The lowest BCUT2D eigenvalue weighted by atomic mass is 10.1. The number of ether oxygens (including phenoxy) is 2. The summed E-state index contributed by atoms with van der Waals surface area (Å²) in [5.41, 5.74) is 1.89. The molecule has 0 spiro atoms. The number of esters is 1. The van der Waals surface area contributed by atoms with Crippen molar-refractivity contribution in [1.82, 2.24) is 0 Å². The van der Waals surface area contributed by atoms with Crippen LogP contribution in [0.4, 0.5) is 0 Å². The van der Waals surface area contributed by atoms with Crippen LogP contribution in [-0.4, -0.2) is 13.1 Å². The summed E-state index contributed by atoms with van der Waals surface area (Å²) in [6.45, 7) is 0. The summed E-state index contributed by atoms with van der Waals surface area (Å²) in [6.07, 6.45) is 0.141. The van der Waals surface area contributed by atoms with E-state index in [0.717, 1.165) is 16.5 Å². The Morgan fingerprint density at radius 1 is 1.19 bits per heavy atom. The highest BCUT2D eigenvalue weighted by atomic mass is 79.9. The summed E-state index contributed by atoms with van der Waals surface area (Å²) >= 11 is 9.39. The summed E-state index contributed by atoms with van der Waals surface area (Å²) in [7, 11) is 1.36. The Morgan fingerprint density at radius 2 is 1.90 bits per heavy atom. The molecule has 0 aliphatic heterocycles. The van der Waals surface area contributed by atoms with Gasteiger partial charge < -0.3 is 9.47 Å². The average molecular weight is 370 g/mol. The molecule has 110 valence electrons. The van der Waals surface area contributed by atoms with Crippen LogP contribution in [0.5, 0.6) is 11.5 Å². The van der Waals surface area contributed by atoms with E-state index in [1.807, 2.05) is 24.3 Å². The molecule has 0 amide bonds. The van der Waals surface area contributed by atoms with Crippen molar-refractivity contribution in [1.29, 1.82) is 0 Å². The third-order valence-corrected chi connectivity index (χ3v) is 3.78. The van der Waals surface area contributed by atoms with E-state index in [4.69, 9.17) is 16.3 Å². The van der Waals surface area contributed by atoms with Gasteiger partial charge in [0.2, 0.25) is 0 Å². The van der Waals surface area contributed by atoms with Crippen LogP contribution in [0, 0.1) is 0 Å². The molecule has 5 heteroatoms. The van der Waals surface area contributed by atoms with E-state index in [1.54, 1.807) is 18.2 Å². The standard InChI is InChI=1S/C16H14BrClO3/c1-20-16(19)8-12-4-5-13(18)9-15(12)21-14-6-2-11(10-17)3-7-14/h2-7,9H,8,10H2,1H3. The van der Waals surface area contributed by atoms with E-state index in [2.05, 4.69) is 20.7 Å². The molecule has 2 aromatic carbocycles. The Labute approximate surface area is 137 Å². The topological polar surface area (TPSA) is 35.5 Å². The summed E-state index contributed by atoms with van der Waals surface area (Å²) in [6, 6.07) is 12.9. The maximum absolute atomic E-state index is 11.4. The molecule has 0 bridgehead atoms. The monoisotopic (exact) mass is 368 g/mol. The molecule has 0 aliphatic carbocycles. The number of carbonyl (C=O) groups is 1. The number of methoxy groups -OCH3 is 1. The van der Waals surface area contributed by atoms with Crippen LogP contribution in [0.1, 0.15) is 11.1 Å². The fraction of sp³-hybridized carbons (Fsp3) is 0.188. The minimum absolute atomic E-state index is 0.141. The predicted molar refractivity (Wildman–Crippen MR) is 86.3 cm³/mol. The van der Waals surface area contributed by atoms with E-state index < -0.39 is 0 Å². The van der Waals surface area contributed by atoms with Gasteiger partial charge in [-0.1, -0.05) is 45.7 Å². The first kappa shape index (κ1) is 15.9. The molecule has 0 fully saturated rings.